The quantitative estimate of drug-likeness (QED) is 0.796. The minimum absolute atomic E-state index is 0.0375. The van der Waals surface area contributed by atoms with Crippen molar-refractivity contribution in [1.82, 2.24) is 9.55 Å². The van der Waals surface area contributed by atoms with Crippen molar-refractivity contribution in [2.24, 2.45) is 5.73 Å². The molecule has 25 heavy (non-hydrogen) atoms. The Balaban J connectivity index is 2.36. The Bertz CT molecular complexity index is 745. The average molecular weight is 373 g/mol. The zero-order valence-corrected chi connectivity index (χ0v) is 14.6. The summed E-state index contributed by atoms with van der Waals surface area (Å²) in [5.41, 5.74) is 5.50. The lowest BCUT2D eigenvalue weighted by Crippen LogP contribution is -2.16. The second kappa shape index (κ2) is 8.28. The zero-order chi connectivity index (χ0) is 18.6. The van der Waals surface area contributed by atoms with Gasteiger partial charge < -0.3 is 10.5 Å². The van der Waals surface area contributed by atoms with Crippen LogP contribution in [0.5, 0.6) is 0 Å². The van der Waals surface area contributed by atoms with E-state index in [1.165, 1.54) is 16.7 Å². The summed E-state index contributed by atoms with van der Waals surface area (Å²) in [5.74, 6) is -1.10. The topological polar surface area (TPSA) is 70.1 Å². The van der Waals surface area contributed by atoms with Crippen molar-refractivity contribution in [3.05, 3.63) is 41.4 Å². The van der Waals surface area contributed by atoms with Crippen molar-refractivity contribution >= 4 is 17.9 Å². The number of nitrogens with zero attached hydrogens (tertiary/aromatic N) is 2. The number of hydrogen-bond acceptors (Lipinski definition) is 4. The number of aromatic nitrogens is 2. The molecule has 2 rings (SSSR count). The molecule has 0 atom stereocenters. The minimum atomic E-state index is -0.924. The van der Waals surface area contributed by atoms with Gasteiger partial charge in [-0.15, -0.1) is 0 Å². The maximum absolute atomic E-state index is 13.6. The number of carbonyl (C=O) groups is 1. The predicted molar refractivity (Wildman–Crippen MR) is 87.1 cm³/mol. The molecule has 0 aliphatic carbocycles. The van der Waals surface area contributed by atoms with Crippen molar-refractivity contribution in [1.29, 1.82) is 0 Å². The van der Waals surface area contributed by atoms with Crippen LogP contribution in [0.1, 0.15) is 31.3 Å². The smallest absolute Gasteiger partial charge is 0.404 e. The number of hydrogen-bond donors (Lipinski definition) is 1. The fourth-order valence-electron chi connectivity index (χ4n) is 2.24. The predicted octanol–water partition coefficient (Wildman–Crippen LogP) is 4.00. The number of benzene rings is 1. The average Bonchev–Trinajstić information content (AvgIpc) is 2.83. The first-order chi connectivity index (χ1) is 11.8. The highest BCUT2D eigenvalue weighted by Gasteiger charge is 2.21. The molecule has 5 nitrogen and oxygen atoms in total. The van der Waals surface area contributed by atoms with Crippen LogP contribution in [0, 0.1) is 11.6 Å². The van der Waals surface area contributed by atoms with Crippen LogP contribution in [0.4, 0.5) is 18.0 Å². The maximum atomic E-state index is 13.6. The summed E-state index contributed by atoms with van der Waals surface area (Å²) in [6, 6.07) is 3.11. The molecule has 9 heteroatoms. The second-order valence-electron chi connectivity index (χ2n) is 5.55. The van der Waals surface area contributed by atoms with Crippen molar-refractivity contribution in [2.45, 2.75) is 42.9 Å². The summed E-state index contributed by atoms with van der Waals surface area (Å²) in [7, 11) is 0. The minimum Gasteiger partial charge on any atom is -0.449 e. The van der Waals surface area contributed by atoms with Gasteiger partial charge in [0.25, 0.3) is 0 Å². The summed E-state index contributed by atoms with van der Waals surface area (Å²) < 4.78 is 46.4. The summed E-state index contributed by atoms with van der Waals surface area (Å²) in [4.78, 5) is 15.4. The zero-order valence-electron chi connectivity index (χ0n) is 13.8. The summed E-state index contributed by atoms with van der Waals surface area (Å²) in [5, 5.41) is 0.455. The van der Waals surface area contributed by atoms with Crippen LogP contribution in [0.3, 0.4) is 0 Å². The van der Waals surface area contributed by atoms with Gasteiger partial charge in [0, 0.05) is 17.4 Å². The molecule has 136 valence electrons. The number of nitrogens with two attached hydrogens (primary N) is 1. The lowest BCUT2D eigenvalue weighted by molar-refractivity contribution is 0.157. The van der Waals surface area contributed by atoms with E-state index in [2.05, 4.69) is 9.72 Å². The van der Waals surface area contributed by atoms with E-state index in [1.54, 1.807) is 0 Å². The van der Waals surface area contributed by atoms with Gasteiger partial charge in [-0.05, 0) is 18.1 Å². The molecule has 0 unspecified atom stereocenters. The van der Waals surface area contributed by atoms with Gasteiger partial charge in [0.15, 0.2) is 6.80 Å². The van der Waals surface area contributed by atoms with Crippen LogP contribution in [0.15, 0.2) is 28.1 Å². The van der Waals surface area contributed by atoms with Gasteiger partial charge in [0.2, 0.25) is 0 Å². The van der Waals surface area contributed by atoms with Crippen LogP contribution in [-0.4, -0.2) is 22.3 Å². The molecule has 0 aliphatic rings. The summed E-state index contributed by atoms with van der Waals surface area (Å²) in [6.45, 7) is 2.85. The van der Waals surface area contributed by atoms with Gasteiger partial charge in [0.05, 0.1) is 5.69 Å². The number of ether oxygens (including phenoxy) is 1. The van der Waals surface area contributed by atoms with E-state index < -0.39 is 24.5 Å². The molecule has 2 aromatic rings. The molecule has 0 bridgehead atoms. The third-order valence-electron chi connectivity index (χ3n) is 3.31. The summed E-state index contributed by atoms with van der Waals surface area (Å²) >= 11 is 1.03. The van der Waals surface area contributed by atoms with Crippen LogP contribution in [-0.2, 0) is 18.0 Å². The molecule has 1 amide bonds. The number of carbonyl (C=O) groups excluding carboxylic acids is 1. The van der Waals surface area contributed by atoms with Crippen molar-refractivity contribution < 1.29 is 22.7 Å². The lowest BCUT2D eigenvalue weighted by atomic mass is 10.1. The standard InChI is InChI=1S/C16H18F3N3O2S/c1-9(2)14-15(25-12-6-10(18)5-11(19)7-12)22(8-17)13(21-14)3-4-24-16(20)23/h5-7,9H,3-4,8H2,1-2H3,(H2,20,23). The van der Waals surface area contributed by atoms with E-state index in [0.717, 1.165) is 17.8 Å². The maximum Gasteiger partial charge on any atom is 0.404 e. The van der Waals surface area contributed by atoms with Crippen LogP contribution < -0.4 is 5.73 Å². The van der Waals surface area contributed by atoms with Crippen molar-refractivity contribution in [3.63, 3.8) is 0 Å². The Morgan fingerprint density at radius 1 is 1.32 bits per heavy atom. The highest BCUT2D eigenvalue weighted by Crippen LogP contribution is 2.35. The normalized spacial score (nSPS) is 11.1. The lowest BCUT2D eigenvalue weighted by Gasteiger charge is -2.10. The van der Waals surface area contributed by atoms with Gasteiger partial charge in [-0.1, -0.05) is 25.6 Å². The first kappa shape index (κ1) is 19.2. The van der Waals surface area contributed by atoms with E-state index in [4.69, 9.17) is 5.73 Å². The fourth-order valence-corrected chi connectivity index (χ4v) is 3.46. The molecule has 0 aliphatic heterocycles. The highest BCUT2D eigenvalue weighted by molar-refractivity contribution is 7.99. The Labute approximate surface area is 147 Å². The molecule has 2 N–H and O–H groups in total. The van der Waals surface area contributed by atoms with Crippen LogP contribution in [0.2, 0.25) is 0 Å². The van der Waals surface area contributed by atoms with Gasteiger partial charge in [-0.2, -0.15) is 0 Å². The molecule has 0 spiro atoms. The monoisotopic (exact) mass is 373 g/mol. The Morgan fingerprint density at radius 2 is 1.96 bits per heavy atom. The molecule has 0 saturated carbocycles. The molecule has 1 heterocycles. The number of imidazole rings is 1. The van der Waals surface area contributed by atoms with E-state index in [9.17, 15) is 18.0 Å². The Kier molecular flexibility index (Phi) is 6.35. The van der Waals surface area contributed by atoms with E-state index in [0.29, 0.717) is 21.4 Å². The molecular weight excluding hydrogens is 355 g/mol. The Hall–Kier alpha value is -2.16. The largest absolute Gasteiger partial charge is 0.449 e. The number of amides is 1. The molecule has 0 saturated heterocycles. The van der Waals surface area contributed by atoms with E-state index in [1.807, 2.05) is 13.8 Å². The van der Waals surface area contributed by atoms with Crippen LogP contribution >= 0.6 is 11.8 Å². The number of primary amides is 1. The van der Waals surface area contributed by atoms with Crippen molar-refractivity contribution in [2.75, 3.05) is 6.61 Å². The Morgan fingerprint density at radius 3 is 2.48 bits per heavy atom. The van der Waals surface area contributed by atoms with E-state index >= 15 is 0 Å². The molecule has 0 fully saturated rings. The second-order valence-corrected chi connectivity index (χ2v) is 6.61. The third kappa shape index (κ3) is 4.91. The number of alkyl halides is 1. The van der Waals surface area contributed by atoms with E-state index in [-0.39, 0.29) is 18.9 Å². The summed E-state index contributed by atoms with van der Waals surface area (Å²) in [6.07, 6.45) is -0.753. The third-order valence-corrected chi connectivity index (χ3v) is 4.41. The first-order valence-corrected chi connectivity index (χ1v) is 8.35. The number of rotatable bonds is 7. The fraction of sp³-hybridized carbons (Fsp3) is 0.375. The first-order valence-electron chi connectivity index (χ1n) is 7.53. The highest BCUT2D eigenvalue weighted by atomic mass is 32.2. The molecule has 1 aromatic carbocycles. The van der Waals surface area contributed by atoms with Crippen LogP contribution in [0.25, 0.3) is 0 Å². The van der Waals surface area contributed by atoms with Gasteiger partial charge in [-0.3, -0.25) is 4.57 Å². The molecule has 0 radical (unpaired) electrons. The molecular formula is C16H18F3N3O2S. The van der Waals surface area contributed by atoms with Gasteiger partial charge >= 0.3 is 6.09 Å². The SMILES string of the molecule is CC(C)c1nc(CCOC(N)=O)n(CF)c1Sc1cc(F)cc(F)c1. The van der Waals surface area contributed by atoms with Gasteiger partial charge in [-0.25, -0.2) is 22.9 Å². The van der Waals surface area contributed by atoms with Crippen molar-refractivity contribution in [3.8, 4) is 0 Å². The number of halogens is 3. The van der Waals surface area contributed by atoms with Gasteiger partial charge in [0.1, 0.15) is 29.1 Å². The molecule has 1 aromatic heterocycles.